The van der Waals surface area contributed by atoms with Crippen LogP contribution in [0.4, 0.5) is 5.69 Å². The van der Waals surface area contributed by atoms with E-state index in [1.807, 2.05) is 0 Å². The molecule has 0 bridgehead atoms. The number of ether oxygens (including phenoxy) is 2. The molecule has 1 aromatic rings. The second kappa shape index (κ2) is 6.13. The van der Waals surface area contributed by atoms with Gasteiger partial charge in [0.05, 0.1) is 24.4 Å². The molecular formula is C16H18N2O7S. The van der Waals surface area contributed by atoms with E-state index in [1.54, 1.807) is 17.0 Å². The lowest BCUT2D eigenvalue weighted by atomic mass is 9.90. The molecule has 0 saturated heterocycles. The van der Waals surface area contributed by atoms with Gasteiger partial charge in [0.1, 0.15) is 37.0 Å². The van der Waals surface area contributed by atoms with E-state index in [0.29, 0.717) is 41.6 Å². The number of fused-ring (bicyclic) bond motifs is 4. The highest BCUT2D eigenvalue weighted by Crippen LogP contribution is 2.42. The Hall–Kier alpha value is -2.33. The Morgan fingerprint density at radius 2 is 2.15 bits per heavy atom. The summed E-state index contributed by atoms with van der Waals surface area (Å²) in [6.07, 6.45) is 0.444. The van der Waals surface area contributed by atoms with E-state index in [9.17, 15) is 13.2 Å². The molecule has 2 unspecified atom stereocenters. The fraction of sp³-hybridized carbons (Fsp3) is 0.500. The molecule has 3 aliphatic rings. The van der Waals surface area contributed by atoms with Crippen LogP contribution in [0.25, 0.3) is 0 Å². The van der Waals surface area contributed by atoms with Crippen molar-refractivity contribution in [1.29, 1.82) is 0 Å². The summed E-state index contributed by atoms with van der Waals surface area (Å²) in [5.74, 6) is 0.856. The molecule has 9 nitrogen and oxygen atoms in total. The van der Waals surface area contributed by atoms with Gasteiger partial charge in [-0.25, -0.2) is 0 Å². The quantitative estimate of drug-likeness (QED) is 0.702. The van der Waals surface area contributed by atoms with Gasteiger partial charge < -0.3 is 19.2 Å². The van der Waals surface area contributed by atoms with Gasteiger partial charge in [0, 0.05) is 18.6 Å². The van der Waals surface area contributed by atoms with Gasteiger partial charge in [-0.15, -0.1) is 0 Å². The molecule has 0 radical (unpaired) electrons. The average Bonchev–Trinajstić information content (AvgIpc) is 3.00. The summed E-state index contributed by atoms with van der Waals surface area (Å²) in [5, 5.41) is 4.11. The standard InChI is InChI=1S/C16H18N2O7S/c1-9(19)18-3-4-22-14-5-10-13(6-12(14)18)23-7-11-15(25-17-16(10)11)8-24-26(2,20)21/h5-6,11,15H,3-4,7-8H2,1-2H3. The Kier molecular flexibility index (Phi) is 4.03. The van der Waals surface area contributed by atoms with Gasteiger partial charge >= 0.3 is 0 Å². The van der Waals surface area contributed by atoms with E-state index in [2.05, 4.69) is 5.16 Å². The van der Waals surface area contributed by atoms with Crippen LogP contribution in [0, 0.1) is 5.92 Å². The molecule has 0 fully saturated rings. The predicted molar refractivity (Wildman–Crippen MR) is 91.2 cm³/mol. The Labute approximate surface area is 150 Å². The fourth-order valence-corrected chi connectivity index (χ4v) is 3.66. The smallest absolute Gasteiger partial charge is 0.264 e. The Balaban J connectivity index is 1.62. The molecule has 1 aromatic carbocycles. The van der Waals surface area contributed by atoms with Crippen molar-refractivity contribution >= 4 is 27.4 Å². The van der Waals surface area contributed by atoms with E-state index in [-0.39, 0.29) is 25.0 Å². The topological polar surface area (TPSA) is 104 Å². The van der Waals surface area contributed by atoms with Gasteiger partial charge in [-0.2, -0.15) is 8.42 Å². The first-order valence-corrected chi connectivity index (χ1v) is 9.95. The SMILES string of the molecule is CC(=O)N1CCOc2cc3c(cc21)OCC1C3=NOC1COS(C)(=O)=O. The number of hydrogen-bond acceptors (Lipinski definition) is 8. The third-order valence-corrected chi connectivity index (χ3v) is 5.10. The van der Waals surface area contributed by atoms with E-state index in [0.717, 1.165) is 6.26 Å². The number of carbonyl (C=O) groups excluding carboxylic acids is 1. The lowest BCUT2D eigenvalue weighted by molar-refractivity contribution is -0.116. The molecule has 2 atom stereocenters. The molecule has 3 aliphatic heterocycles. The molecule has 0 saturated carbocycles. The Morgan fingerprint density at radius 3 is 2.88 bits per heavy atom. The first-order valence-electron chi connectivity index (χ1n) is 8.14. The number of nitrogens with zero attached hydrogens (tertiary/aromatic N) is 2. The molecule has 26 heavy (non-hydrogen) atoms. The van der Waals surface area contributed by atoms with E-state index >= 15 is 0 Å². The molecule has 0 aromatic heterocycles. The zero-order valence-corrected chi connectivity index (χ0v) is 15.1. The van der Waals surface area contributed by atoms with Crippen molar-refractivity contribution < 1.29 is 31.7 Å². The van der Waals surface area contributed by atoms with Gasteiger partial charge in [0.2, 0.25) is 5.91 Å². The molecule has 10 heteroatoms. The molecule has 0 N–H and O–H groups in total. The van der Waals surface area contributed by atoms with Crippen LogP contribution in [-0.4, -0.2) is 58.8 Å². The molecule has 1 amide bonds. The molecular weight excluding hydrogens is 364 g/mol. The summed E-state index contributed by atoms with van der Waals surface area (Å²) in [6.45, 7) is 2.55. The zero-order valence-electron chi connectivity index (χ0n) is 14.3. The Morgan fingerprint density at radius 1 is 1.35 bits per heavy atom. The maximum absolute atomic E-state index is 11.8. The summed E-state index contributed by atoms with van der Waals surface area (Å²) in [5.41, 5.74) is 2.05. The van der Waals surface area contributed by atoms with Crippen LogP contribution in [0.3, 0.4) is 0 Å². The van der Waals surface area contributed by atoms with Gasteiger partial charge in [0.25, 0.3) is 10.1 Å². The van der Waals surface area contributed by atoms with Crippen molar-refractivity contribution in [1.82, 2.24) is 0 Å². The highest BCUT2D eigenvalue weighted by atomic mass is 32.2. The predicted octanol–water partition coefficient (Wildman–Crippen LogP) is 0.520. The molecule has 0 spiro atoms. The van der Waals surface area contributed by atoms with Gasteiger partial charge in [-0.1, -0.05) is 5.16 Å². The molecule has 4 rings (SSSR count). The number of amides is 1. The monoisotopic (exact) mass is 382 g/mol. The summed E-state index contributed by atoms with van der Waals surface area (Å²) in [4.78, 5) is 18.8. The van der Waals surface area contributed by atoms with Crippen LogP contribution < -0.4 is 14.4 Å². The van der Waals surface area contributed by atoms with Crippen molar-refractivity contribution in [3.8, 4) is 11.5 Å². The second-order valence-corrected chi connectivity index (χ2v) is 8.01. The third-order valence-electron chi connectivity index (χ3n) is 4.53. The number of carbonyl (C=O) groups is 1. The first kappa shape index (κ1) is 17.1. The van der Waals surface area contributed by atoms with Crippen molar-refractivity contribution in [2.75, 3.05) is 37.5 Å². The Bertz CT molecular complexity index is 896. The first-order chi connectivity index (χ1) is 12.3. The summed E-state index contributed by atoms with van der Waals surface area (Å²) >= 11 is 0. The van der Waals surface area contributed by atoms with Gasteiger partial charge in [-0.05, 0) is 6.07 Å². The van der Waals surface area contributed by atoms with Crippen molar-refractivity contribution in [3.63, 3.8) is 0 Å². The van der Waals surface area contributed by atoms with Crippen LogP contribution in [0.1, 0.15) is 12.5 Å². The van der Waals surface area contributed by atoms with E-state index in [4.69, 9.17) is 18.5 Å². The third kappa shape index (κ3) is 2.99. The van der Waals surface area contributed by atoms with Gasteiger partial charge in [0.15, 0.2) is 6.10 Å². The maximum Gasteiger partial charge on any atom is 0.264 e. The van der Waals surface area contributed by atoms with Crippen LogP contribution >= 0.6 is 0 Å². The zero-order chi connectivity index (χ0) is 18.5. The van der Waals surface area contributed by atoms with E-state index in [1.165, 1.54) is 6.92 Å². The van der Waals surface area contributed by atoms with Crippen LogP contribution in [0.2, 0.25) is 0 Å². The minimum atomic E-state index is -3.57. The summed E-state index contributed by atoms with van der Waals surface area (Å²) < 4.78 is 38.7. The van der Waals surface area contributed by atoms with Crippen LogP contribution in [-0.2, 0) is 23.9 Å². The number of benzene rings is 1. The number of hydrogen-bond donors (Lipinski definition) is 0. The number of oxime groups is 1. The van der Waals surface area contributed by atoms with Crippen LogP contribution in [0.5, 0.6) is 11.5 Å². The second-order valence-electron chi connectivity index (χ2n) is 6.36. The average molecular weight is 382 g/mol. The van der Waals surface area contributed by atoms with Crippen LogP contribution in [0.15, 0.2) is 17.3 Å². The lowest BCUT2D eigenvalue weighted by Crippen LogP contribution is -2.38. The van der Waals surface area contributed by atoms with Crippen molar-refractivity contribution in [3.05, 3.63) is 17.7 Å². The summed E-state index contributed by atoms with van der Waals surface area (Å²) in [6, 6.07) is 3.55. The maximum atomic E-state index is 11.8. The highest BCUT2D eigenvalue weighted by Gasteiger charge is 2.41. The van der Waals surface area contributed by atoms with Crippen molar-refractivity contribution in [2.24, 2.45) is 11.1 Å². The molecule has 3 heterocycles. The largest absolute Gasteiger partial charge is 0.492 e. The normalized spacial score (nSPS) is 23.6. The molecule has 140 valence electrons. The molecule has 0 aliphatic carbocycles. The number of anilines is 1. The minimum Gasteiger partial charge on any atom is -0.492 e. The summed E-state index contributed by atoms with van der Waals surface area (Å²) in [7, 11) is -3.57. The lowest BCUT2D eigenvalue weighted by Gasteiger charge is -2.31. The fourth-order valence-electron chi connectivity index (χ4n) is 3.28. The number of rotatable bonds is 3. The highest BCUT2D eigenvalue weighted by molar-refractivity contribution is 7.85. The van der Waals surface area contributed by atoms with E-state index < -0.39 is 16.2 Å². The minimum absolute atomic E-state index is 0.0669. The van der Waals surface area contributed by atoms with Crippen molar-refractivity contribution in [2.45, 2.75) is 13.0 Å². The van der Waals surface area contributed by atoms with Gasteiger partial charge in [-0.3, -0.25) is 8.98 Å².